The van der Waals surface area contributed by atoms with Crippen molar-refractivity contribution in [1.29, 1.82) is 0 Å². The van der Waals surface area contributed by atoms with Gasteiger partial charge in [-0.2, -0.15) is 19.3 Å². The van der Waals surface area contributed by atoms with Crippen molar-refractivity contribution in [3.8, 4) is 0 Å². The molecular weight excluding hydrogens is 72.1 g/mol. The fraction of sp³-hybridized carbons (Fsp3) is 0.833. The van der Waals surface area contributed by atoms with E-state index in [2.05, 4.69) is 13.8 Å². The fourth-order valence-corrected chi connectivity index (χ4v) is 0.722. The molecule has 0 heteroatoms. The van der Waals surface area contributed by atoms with Crippen LogP contribution in [0.5, 0.6) is 0 Å². The highest BCUT2D eigenvalue weighted by atomic mass is 14.3. The average Bonchev–Trinajstić information content (AvgIpc) is 1.61. The SMILES string of the molecule is C[C-]1CCC1C. The van der Waals surface area contributed by atoms with Gasteiger partial charge >= 0.3 is 0 Å². The molecule has 0 amide bonds. The van der Waals surface area contributed by atoms with Crippen molar-refractivity contribution in [2.45, 2.75) is 26.7 Å². The van der Waals surface area contributed by atoms with Gasteiger partial charge in [-0.3, -0.25) is 0 Å². The lowest BCUT2D eigenvalue weighted by atomic mass is 9.77. The van der Waals surface area contributed by atoms with Gasteiger partial charge in [-0.1, -0.05) is 6.92 Å². The minimum atomic E-state index is 0.949. The van der Waals surface area contributed by atoms with Crippen molar-refractivity contribution < 1.29 is 0 Å². The average molecular weight is 83.2 g/mol. The number of hydrogen-bond acceptors (Lipinski definition) is 0. The summed E-state index contributed by atoms with van der Waals surface area (Å²) in [5, 5.41) is 0. The smallest absolute Gasteiger partial charge is 0.0897 e. The lowest BCUT2D eigenvalue weighted by Gasteiger charge is -2.44. The van der Waals surface area contributed by atoms with Gasteiger partial charge in [0.25, 0.3) is 0 Å². The largest absolute Gasteiger partial charge is 0.314 e. The van der Waals surface area contributed by atoms with E-state index in [0.717, 1.165) is 5.92 Å². The first-order valence-corrected chi connectivity index (χ1v) is 2.63. The normalized spacial score (nSPS) is 36.0. The highest BCUT2D eigenvalue weighted by Crippen LogP contribution is 2.34. The van der Waals surface area contributed by atoms with E-state index in [1.807, 2.05) is 0 Å². The van der Waals surface area contributed by atoms with Crippen LogP contribution in [0.25, 0.3) is 0 Å². The van der Waals surface area contributed by atoms with Crippen LogP contribution >= 0.6 is 0 Å². The second kappa shape index (κ2) is 1.25. The molecule has 0 heterocycles. The molecule has 0 aromatic rings. The van der Waals surface area contributed by atoms with Gasteiger partial charge in [0.2, 0.25) is 0 Å². The van der Waals surface area contributed by atoms with Gasteiger partial charge in [0.15, 0.2) is 0 Å². The fourth-order valence-electron chi connectivity index (χ4n) is 0.722. The van der Waals surface area contributed by atoms with Crippen LogP contribution < -0.4 is 0 Å². The minimum absolute atomic E-state index is 0.949. The Balaban J connectivity index is 2.20. The van der Waals surface area contributed by atoms with Crippen LogP contribution in [0.4, 0.5) is 0 Å². The quantitative estimate of drug-likeness (QED) is 0.393. The standard InChI is InChI=1S/C6H11/c1-5-3-4-6(5)2/h5H,3-4H2,1-2H3/q-1. The Bertz CT molecular complexity index is 40.0. The minimum Gasteiger partial charge on any atom is -0.314 e. The summed E-state index contributed by atoms with van der Waals surface area (Å²) >= 11 is 0. The zero-order chi connectivity index (χ0) is 4.57. The summed E-state index contributed by atoms with van der Waals surface area (Å²) in [6.45, 7) is 4.53. The first-order chi connectivity index (χ1) is 2.80. The summed E-state index contributed by atoms with van der Waals surface area (Å²) in [5.41, 5.74) is 0. The monoisotopic (exact) mass is 83.1 g/mol. The van der Waals surface area contributed by atoms with Crippen molar-refractivity contribution in [3.05, 3.63) is 5.92 Å². The van der Waals surface area contributed by atoms with E-state index in [1.165, 1.54) is 12.8 Å². The molecule has 6 heavy (non-hydrogen) atoms. The summed E-state index contributed by atoms with van der Waals surface area (Å²) in [4.78, 5) is 0. The lowest BCUT2D eigenvalue weighted by Crippen LogP contribution is -2.16. The molecule has 1 atom stereocenters. The first kappa shape index (κ1) is 4.17. The van der Waals surface area contributed by atoms with Crippen LogP contribution in [0.3, 0.4) is 0 Å². The number of rotatable bonds is 0. The molecule has 0 nitrogen and oxygen atoms in total. The molecule has 0 N–H and O–H groups in total. The molecule has 1 aliphatic rings. The molecular formula is C6H11-. The molecule has 0 aromatic heterocycles. The van der Waals surface area contributed by atoms with Crippen molar-refractivity contribution in [1.82, 2.24) is 0 Å². The summed E-state index contributed by atoms with van der Waals surface area (Å²) < 4.78 is 0. The van der Waals surface area contributed by atoms with Gasteiger partial charge in [-0.05, 0) is 0 Å². The molecule has 0 saturated heterocycles. The van der Waals surface area contributed by atoms with Crippen LogP contribution in [0.1, 0.15) is 26.7 Å². The van der Waals surface area contributed by atoms with E-state index < -0.39 is 0 Å². The zero-order valence-electron chi connectivity index (χ0n) is 4.49. The van der Waals surface area contributed by atoms with Gasteiger partial charge in [-0.15, -0.1) is 6.42 Å². The summed E-state index contributed by atoms with van der Waals surface area (Å²) in [6, 6.07) is 0. The first-order valence-electron chi connectivity index (χ1n) is 2.63. The van der Waals surface area contributed by atoms with E-state index in [0.29, 0.717) is 0 Å². The van der Waals surface area contributed by atoms with E-state index in [1.54, 1.807) is 5.92 Å². The summed E-state index contributed by atoms with van der Waals surface area (Å²) in [7, 11) is 0. The molecule has 1 fully saturated rings. The van der Waals surface area contributed by atoms with Crippen molar-refractivity contribution in [3.63, 3.8) is 0 Å². The van der Waals surface area contributed by atoms with Crippen molar-refractivity contribution in [2.75, 3.05) is 0 Å². The highest BCUT2D eigenvalue weighted by molar-refractivity contribution is 4.99. The van der Waals surface area contributed by atoms with Gasteiger partial charge in [0, 0.05) is 0 Å². The molecule has 1 unspecified atom stereocenters. The third-order valence-electron chi connectivity index (χ3n) is 1.81. The van der Waals surface area contributed by atoms with Crippen molar-refractivity contribution >= 4 is 0 Å². The molecule has 36 valence electrons. The molecule has 0 bridgehead atoms. The molecule has 1 saturated carbocycles. The third kappa shape index (κ3) is 0.444. The molecule has 0 radical (unpaired) electrons. The maximum atomic E-state index is 2.29. The Kier molecular flexibility index (Phi) is 0.868. The third-order valence-corrected chi connectivity index (χ3v) is 1.81. The predicted molar refractivity (Wildman–Crippen MR) is 27.3 cm³/mol. The Hall–Kier alpha value is 0. The Morgan fingerprint density at radius 2 is 2.17 bits per heavy atom. The molecule has 0 aromatic carbocycles. The van der Waals surface area contributed by atoms with E-state index in [9.17, 15) is 0 Å². The van der Waals surface area contributed by atoms with Gasteiger partial charge in [0.05, 0.1) is 0 Å². The second-order valence-corrected chi connectivity index (χ2v) is 2.29. The Labute approximate surface area is 39.6 Å². The Morgan fingerprint density at radius 1 is 1.67 bits per heavy atom. The summed E-state index contributed by atoms with van der Waals surface area (Å²) in [6.07, 6.45) is 2.83. The van der Waals surface area contributed by atoms with E-state index in [4.69, 9.17) is 0 Å². The van der Waals surface area contributed by atoms with Crippen LogP contribution in [0.15, 0.2) is 0 Å². The molecule has 0 spiro atoms. The lowest BCUT2D eigenvalue weighted by molar-refractivity contribution is 0.398. The van der Waals surface area contributed by atoms with E-state index in [-0.39, 0.29) is 0 Å². The van der Waals surface area contributed by atoms with Crippen LogP contribution in [-0.2, 0) is 0 Å². The second-order valence-electron chi connectivity index (χ2n) is 2.29. The van der Waals surface area contributed by atoms with Crippen LogP contribution in [0, 0.1) is 11.8 Å². The number of hydrogen-bond donors (Lipinski definition) is 0. The van der Waals surface area contributed by atoms with Crippen molar-refractivity contribution in [2.24, 2.45) is 5.92 Å². The van der Waals surface area contributed by atoms with Gasteiger partial charge in [-0.25, -0.2) is 0 Å². The van der Waals surface area contributed by atoms with Crippen LogP contribution in [0.2, 0.25) is 0 Å². The van der Waals surface area contributed by atoms with E-state index >= 15 is 0 Å². The molecule has 1 rings (SSSR count). The van der Waals surface area contributed by atoms with Gasteiger partial charge in [0.1, 0.15) is 0 Å². The maximum absolute atomic E-state index is 2.29. The predicted octanol–water partition coefficient (Wildman–Crippen LogP) is 2.01. The summed E-state index contributed by atoms with van der Waals surface area (Å²) in [5.74, 6) is 2.64. The molecule has 1 aliphatic carbocycles. The Morgan fingerprint density at radius 3 is 2.17 bits per heavy atom. The van der Waals surface area contributed by atoms with Gasteiger partial charge < -0.3 is 5.92 Å². The molecule has 0 aliphatic heterocycles. The zero-order valence-corrected chi connectivity index (χ0v) is 4.49. The highest BCUT2D eigenvalue weighted by Gasteiger charge is 2.06. The topological polar surface area (TPSA) is 0 Å². The van der Waals surface area contributed by atoms with Crippen LogP contribution in [-0.4, -0.2) is 0 Å². The maximum Gasteiger partial charge on any atom is -0.0897 e.